The Bertz CT molecular complexity index is 586. The molecule has 94 valence electrons. The van der Waals surface area contributed by atoms with Crippen LogP contribution >= 0.6 is 0 Å². The first kappa shape index (κ1) is 10.4. The summed E-state index contributed by atoms with van der Waals surface area (Å²) in [6.07, 6.45) is 7.74. The summed E-state index contributed by atoms with van der Waals surface area (Å²) in [7, 11) is 0. The highest BCUT2D eigenvalue weighted by atomic mass is 15.3. The van der Waals surface area contributed by atoms with Crippen molar-refractivity contribution in [1.82, 2.24) is 9.78 Å². The molecule has 18 heavy (non-hydrogen) atoms. The maximum Gasteiger partial charge on any atom is 0.0702 e. The first-order valence-electron chi connectivity index (χ1n) is 7.00. The van der Waals surface area contributed by atoms with Gasteiger partial charge in [-0.15, -0.1) is 0 Å². The van der Waals surface area contributed by atoms with Crippen LogP contribution in [0.1, 0.15) is 25.7 Å². The summed E-state index contributed by atoms with van der Waals surface area (Å²) in [5.41, 5.74) is 7.90. The topological polar surface area (TPSA) is 43.8 Å². The van der Waals surface area contributed by atoms with Crippen LogP contribution in [0.5, 0.6) is 0 Å². The molecule has 0 amide bonds. The number of fused-ring (bicyclic) bond motifs is 3. The Kier molecular flexibility index (Phi) is 2.16. The van der Waals surface area contributed by atoms with Gasteiger partial charge in [-0.3, -0.25) is 4.68 Å². The zero-order chi connectivity index (χ0) is 12.1. The van der Waals surface area contributed by atoms with Gasteiger partial charge in [0, 0.05) is 17.6 Å². The van der Waals surface area contributed by atoms with E-state index >= 15 is 0 Å². The predicted molar refractivity (Wildman–Crippen MR) is 73.1 cm³/mol. The summed E-state index contributed by atoms with van der Waals surface area (Å²) in [5, 5.41) is 5.75. The highest BCUT2D eigenvalue weighted by molar-refractivity contribution is 5.81. The summed E-state index contributed by atoms with van der Waals surface area (Å²) < 4.78 is 2.16. The Morgan fingerprint density at radius 2 is 2.22 bits per heavy atom. The van der Waals surface area contributed by atoms with E-state index in [2.05, 4.69) is 21.9 Å². The summed E-state index contributed by atoms with van der Waals surface area (Å²) in [6.45, 7) is 1.08. The smallest absolute Gasteiger partial charge is 0.0702 e. The van der Waals surface area contributed by atoms with Gasteiger partial charge in [-0.2, -0.15) is 5.10 Å². The van der Waals surface area contributed by atoms with E-state index < -0.39 is 0 Å². The Morgan fingerprint density at radius 3 is 3.00 bits per heavy atom. The standard InChI is InChI=1S/C15H19N3/c16-14-4-3-12-8-17-18(15(12)7-14)9-13-6-10-1-2-11(13)5-10/h3-4,7-8,10-11,13H,1-2,5-6,9,16H2. The largest absolute Gasteiger partial charge is 0.399 e. The minimum atomic E-state index is 0.831. The second-order valence-corrected chi connectivity index (χ2v) is 6.08. The number of hydrogen-bond donors (Lipinski definition) is 1. The zero-order valence-corrected chi connectivity index (χ0v) is 10.5. The lowest BCUT2D eigenvalue weighted by Crippen LogP contribution is -2.17. The average molecular weight is 241 g/mol. The van der Waals surface area contributed by atoms with E-state index in [0.717, 1.165) is 30.0 Å². The number of aromatic nitrogens is 2. The molecule has 2 aromatic rings. The monoisotopic (exact) mass is 241 g/mol. The van der Waals surface area contributed by atoms with Crippen LogP contribution in [0.3, 0.4) is 0 Å². The Labute approximate surface area is 107 Å². The molecular formula is C15H19N3. The summed E-state index contributed by atoms with van der Waals surface area (Å²) >= 11 is 0. The van der Waals surface area contributed by atoms with Crippen molar-refractivity contribution in [3.05, 3.63) is 24.4 Å². The fourth-order valence-electron chi connectivity index (χ4n) is 4.06. The van der Waals surface area contributed by atoms with Gasteiger partial charge in [-0.05, 0) is 55.2 Å². The number of nitrogen functional groups attached to an aromatic ring is 1. The number of benzene rings is 1. The van der Waals surface area contributed by atoms with E-state index in [-0.39, 0.29) is 0 Å². The van der Waals surface area contributed by atoms with Crippen molar-refractivity contribution in [1.29, 1.82) is 0 Å². The van der Waals surface area contributed by atoms with Crippen LogP contribution < -0.4 is 5.73 Å². The number of nitrogens with zero attached hydrogens (tertiary/aromatic N) is 2. The minimum absolute atomic E-state index is 0.831. The second-order valence-electron chi connectivity index (χ2n) is 6.08. The summed E-state index contributed by atoms with van der Waals surface area (Å²) in [5.74, 6) is 2.80. The molecule has 2 aliphatic carbocycles. The van der Waals surface area contributed by atoms with Crippen LogP contribution in [-0.2, 0) is 6.54 Å². The van der Waals surface area contributed by atoms with Crippen molar-refractivity contribution in [2.45, 2.75) is 32.2 Å². The van der Waals surface area contributed by atoms with Crippen LogP contribution in [0, 0.1) is 17.8 Å². The third-order valence-electron chi connectivity index (χ3n) is 4.96. The van der Waals surface area contributed by atoms with Gasteiger partial charge in [-0.1, -0.05) is 6.42 Å². The molecule has 1 aromatic carbocycles. The fourth-order valence-corrected chi connectivity index (χ4v) is 4.06. The molecule has 2 saturated carbocycles. The Hall–Kier alpha value is -1.51. The lowest BCUT2D eigenvalue weighted by Gasteiger charge is -2.21. The molecule has 0 spiro atoms. The Morgan fingerprint density at radius 1 is 1.28 bits per heavy atom. The molecule has 1 heterocycles. The maximum atomic E-state index is 5.88. The highest BCUT2D eigenvalue weighted by Gasteiger charge is 2.39. The SMILES string of the molecule is Nc1ccc2cnn(CC3CC4CCC3C4)c2c1. The van der Waals surface area contributed by atoms with Crippen LogP contribution in [0.4, 0.5) is 5.69 Å². The molecule has 0 radical (unpaired) electrons. The fraction of sp³-hybridized carbons (Fsp3) is 0.533. The quantitative estimate of drug-likeness (QED) is 0.821. The van der Waals surface area contributed by atoms with Crippen molar-refractivity contribution >= 4 is 16.6 Å². The lowest BCUT2D eigenvalue weighted by atomic mass is 9.89. The van der Waals surface area contributed by atoms with Crippen LogP contribution in [-0.4, -0.2) is 9.78 Å². The second kappa shape index (κ2) is 3.74. The molecule has 1 aromatic heterocycles. The van der Waals surface area contributed by atoms with Gasteiger partial charge in [0.05, 0.1) is 11.7 Å². The van der Waals surface area contributed by atoms with E-state index in [1.807, 2.05) is 12.3 Å². The van der Waals surface area contributed by atoms with Crippen molar-refractivity contribution in [3.63, 3.8) is 0 Å². The van der Waals surface area contributed by atoms with Gasteiger partial charge in [0.15, 0.2) is 0 Å². The third-order valence-corrected chi connectivity index (χ3v) is 4.96. The average Bonchev–Trinajstić information content (AvgIpc) is 3.05. The molecule has 4 rings (SSSR count). The number of nitrogens with two attached hydrogens (primary N) is 1. The van der Waals surface area contributed by atoms with Crippen LogP contribution in [0.25, 0.3) is 10.9 Å². The molecule has 2 N–H and O–H groups in total. The molecule has 3 atom stereocenters. The number of rotatable bonds is 2. The van der Waals surface area contributed by atoms with E-state index in [1.54, 1.807) is 0 Å². The first-order valence-corrected chi connectivity index (χ1v) is 7.00. The van der Waals surface area contributed by atoms with E-state index in [0.29, 0.717) is 0 Å². The van der Waals surface area contributed by atoms with Gasteiger partial charge in [0.25, 0.3) is 0 Å². The van der Waals surface area contributed by atoms with Crippen molar-refractivity contribution in [2.24, 2.45) is 17.8 Å². The van der Waals surface area contributed by atoms with E-state index in [9.17, 15) is 0 Å². The molecule has 2 fully saturated rings. The summed E-state index contributed by atoms with van der Waals surface area (Å²) in [6, 6.07) is 6.07. The molecule has 2 aliphatic rings. The molecule has 3 heteroatoms. The van der Waals surface area contributed by atoms with Gasteiger partial charge in [-0.25, -0.2) is 0 Å². The molecule has 0 saturated heterocycles. The molecule has 3 unspecified atom stereocenters. The van der Waals surface area contributed by atoms with Crippen LogP contribution in [0.2, 0.25) is 0 Å². The summed E-state index contributed by atoms with van der Waals surface area (Å²) in [4.78, 5) is 0. The molecule has 3 nitrogen and oxygen atoms in total. The Balaban J connectivity index is 1.65. The maximum absolute atomic E-state index is 5.88. The van der Waals surface area contributed by atoms with E-state index in [1.165, 1.54) is 36.6 Å². The van der Waals surface area contributed by atoms with Gasteiger partial charge < -0.3 is 5.73 Å². The van der Waals surface area contributed by atoms with Gasteiger partial charge in [0.1, 0.15) is 0 Å². The van der Waals surface area contributed by atoms with Gasteiger partial charge >= 0.3 is 0 Å². The predicted octanol–water partition coefficient (Wildman–Crippen LogP) is 3.05. The first-order chi connectivity index (χ1) is 8.79. The lowest BCUT2D eigenvalue weighted by molar-refractivity contribution is 0.289. The minimum Gasteiger partial charge on any atom is -0.399 e. The van der Waals surface area contributed by atoms with Crippen molar-refractivity contribution < 1.29 is 0 Å². The van der Waals surface area contributed by atoms with Crippen molar-refractivity contribution in [3.8, 4) is 0 Å². The normalized spacial score (nSPS) is 30.3. The molecule has 2 bridgehead atoms. The molecular weight excluding hydrogens is 222 g/mol. The number of anilines is 1. The third kappa shape index (κ3) is 1.53. The van der Waals surface area contributed by atoms with E-state index in [4.69, 9.17) is 5.73 Å². The van der Waals surface area contributed by atoms with Crippen molar-refractivity contribution in [2.75, 3.05) is 5.73 Å². The highest BCUT2D eigenvalue weighted by Crippen LogP contribution is 2.48. The zero-order valence-electron chi connectivity index (χ0n) is 10.5. The van der Waals surface area contributed by atoms with Crippen LogP contribution in [0.15, 0.2) is 24.4 Å². The molecule has 0 aliphatic heterocycles. The number of hydrogen-bond acceptors (Lipinski definition) is 2. The van der Waals surface area contributed by atoms with Gasteiger partial charge in [0.2, 0.25) is 0 Å².